The molecule has 0 atom stereocenters. The number of hydrogen-bond donors (Lipinski definition) is 3. The van der Waals surface area contributed by atoms with Crippen LogP contribution in [0.4, 0.5) is 5.69 Å². The summed E-state index contributed by atoms with van der Waals surface area (Å²) in [6.07, 6.45) is 2.36. The van der Waals surface area contributed by atoms with Crippen molar-refractivity contribution in [3.8, 4) is 0 Å². The Balaban J connectivity index is 2.91. The Morgan fingerprint density at radius 1 is 1.61 bits per heavy atom. The average Bonchev–Trinajstić information content (AvgIpc) is 2.37. The van der Waals surface area contributed by atoms with Gasteiger partial charge in [0.05, 0.1) is 5.69 Å². The first kappa shape index (κ1) is 14.8. The van der Waals surface area contributed by atoms with Gasteiger partial charge in [0, 0.05) is 22.2 Å². The number of thioether (sulfide) groups is 1. The highest BCUT2D eigenvalue weighted by Gasteiger charge is 2.10. The zero-order valence-corrected chi connectivity index (χ0v) is 12.2. The predicted octanol–water partition coefficient (Wildman–Crippen LogP) is 2.24. The minimum atomic E-state index is -0.0985. The second-order valence-corrected chi connectivity index (χ2v) is 5.37. The Bertz CT molecular complexity index is 466. The summed E-state index contributed by atoms with van der Waals surface area (Å²) in [4.78, 5) is 11.6. The number of hydrogen-bond acceptors (Lipinski definition) is 4. The van der Waals surface area contributed by atoms with Gasteiger partial charge in [0.2, 0.25) is 5.91 Å². The summed E-state index contributed by atoms with van der Waals surface area (Å²) in [5.74, 6) is 0.608. The van der Waals surface area contributed by atoms with E-state index in [1.165, 1.54) is 0 Å². The van der Waals surface area contributed by atoms with Crippen molar-refractivity contribution in [3.63, 3.8) is 0 Å². The number of amidine groups is 1. The zero-order chi connectivity index (χ0) is 13.5. The third-order valence-electron chi connectivity index (χ3n) is 2.17. The molecule has 4 N–H and O–H groups in total. The maximum Gasteiger partial charge on any atom is 0.225 e. The Kier molecular flexibility index (Phi) is 6.00. The SMILES string of the molecule is CSCCC(=O)Nc1ccc(Br)cc1/C(N)=N/O. The van der Waals surface area contributed by atoms with Gasteiger partial charge in [-0.3, -0.25) is 4.79 Å². The van der Waals surface area contributed by atoms with Crippen molar-refractivity contribution in [2.75, 3.05) is 17.3 Å². The highest BCUT2D eigenvalue weighted by atomic mass is 79.9. The lowest BCUT2D eigenvalue weighted by Crippen LogP contribution is -2.19. The summed E-state index contributed by atoms with van der Waals surface area (Å²) in [6, 6.07) is 5.16. The molecule has 1 amide bonds. The number of amides is 1. The van der Waals surface area contributed by atoms with Gasteiger partial charge >= 0.3 is 0 Å². The Morgan fingerprint density at radius 3 is 2.94 bits per heavy atom. The molecule has 1 aromatic rings. The van der Waals surface area contributed by atoms with Gasteiger partial charge in [-0.2, -0.15) is 11.8 Å². The molecule has 0 saturated carbocycles. The summed E-state index contributed by atoms with van der Waals surface area (Å²) < 4.78 is 0.784. The second kappa shape index (κ2) is 7.27. The normalized spacial score (nSPS) is 11.3. The van der Waals surface area contributed by atoms with Crippen molar-refractivity contribution < 1.29 is 10.0 Å². The summed E-state index contributed by atoms with van der Waals surface area (Å²) in [7, 11) is 0. The first-order valence-corrected chi connectivity index (χ1v) is 7.33. The Hall–Kier alpha value is -1.21. The maximum absolute atomic E-state index is 11.6. The van der Waals surface area contributed by atoms with E-state index in [1.807, 2.05) is 6.26 Å². The summed E-state index contributed by atoms with van der Waals surface area (Å²) in [6.45, 7) is 0. The molecule has 0 aliphatic rings. The fraction of sp³-hybridized carbons (Fsp3) is 0.273. The van der Waals surface area contributed by atoms with E-state index in [-0.39, 0.29) is 11.7 Å². The zero-order valence-electron chi connectivity index (χ0n) is 9.81. The third-order valence-corrected chi connectivity index (χ3v) is 3.28. The minimum Gasteiger partial charge on any atom is -0.409 e. The molecule has 0 spiro atoms. The molecule has 0 radical (unpaired) electrons. The molecule has 5 nitrogen and oxygen atoms in total. The van der Waals surface area contributed by atoms with Crippen LogP contribution in [-0.2, 0) is 4.79 Å². The molecule has 0 aliphatic heterocycles. The van der Waals surface area contributed by atoms with Gasteiger partial charge in [-0.15, -0.1) is 0 Å². The van der Waals surface area contributed by atoms with Crippen LogP contribution < -0.4 is 11.1 Å². The van der Waals surface area contributed by atoms with E-state index in [0.717, 1.165) is 10.2 Å². The van der Waals surface area contributed by atoms with E-state index in [1.54, 1.807) is 30.0 Å². The molecular weight excluding hydrogens is 318 g/mol. The lowest BCUT2D eigenvalue weighted by atomic mass is 10.1. The average molecular weight is 332 g/mol. The standard InChI is InChI=1S/C11H14BrN3O2S/c1-18-5-4-10(16)14-9-3-2-7(12)6-8(9)11(13)15-17/h2-3,6,17H,4-5H2,1H3,(H2,13,15)(H,14,16). The number of nitrogens with two attached hydrogens (primary N) is 1. The van der Waals surface area contributed by atoms with Crippen LogP contribution in [0, 0.1) is 0 Å². The molecular formula is C11H14BrN3O2S. The van der Waals surface area contributed by atoms with Crippen LogP contribution in [-0.4, -0.2) is 29.0 Å². The van der Waals surface area contributed by atoms with Gasteiger partial charge in [0.15, 0.2) is 5.84 Å². The third kappa shape index (κ3) is 4.23. The summed E-state index contributed by atoms with van der Waals surface area (Å²) in [5, 5.41) is 14.4. The number of halogens is 1. The number of anilines is 1. The monoisotopic (exact) mass is 331 g/mol. The topological polar surface area (TPSA) is 87.7 Å². The Morgan fingerprint density at radius 2 is 2.33 bits per heavy atom. The van der Waals surface area contributed by atoms with E-state index in [4.69, 9.17) is 10.9 Å². The molecule has 0 fully saturated rings. The van der Waals surface area contributed by atoms with Gasteiger partial charge < -0.3 is 16.3 Å². The first-order chi connectivity index (χ1) is 8.58. The van der Waals surface area contributed by atoms with Gasteiger partial charge in [0.25, 0.3) is 0 Å². The van der Waals surface area contributed by atoms with Crippen LogP contribution in [0.15, 0.2) is 27.8 Å². The number of nitrogens with zero attached hydrogens (tertiary/aromatic N) is 1. The quantitative estimate of drug-likeness (QED) is 0.334. The molecule has 1 rings (SSSR count). The molecule has 98 valence electrons. The number of rotatable bonds is 5. The highest BCUT2D eigenvalue weighted by Crippen LogP contribution is 2.21. The van der Waals surface area contributed by atoms with Gasteiger partial charge in [-0.05, 0) is 24.5 Å². The molecule has 18 heavy (non-hydrogen) atoms. The molecule has 0 aromatic heterocycles. The van der Waals surface area contributed by atoms with Gasteiger partial charge in [-0.1, -0.05) is 21.1 Å². The molecule has 0 heterocycles. The number of nitrogens with one attached hydrogen (secondary N) is 1. The van der Waals surface area contributed by atoms with E-state index in [9.17, 15) is 4.79 Å². The van der Waals surface area contributed by atoms with Gasteiger partial charge in [0.1, 0.15) is 0 Å². The van der Waals surface area contributed by atoms with Crippen molar-refractivity contribution in [2.45, 2.75) is 6.42 Å². The van der Waals surface area contributed by atoms with Crippen LogP contribution in [0.5, 0.6) is 0 Å². The van der Waals surface area contributed by atoms with Crippen molar-refractivity contribution in [3.05, 3.63) is 28.2 Å². The number of oxime groups is 1. The van der Waals surface area contributed by atoms with Gasteiger partial charge in [-0.25, -0.2) is 0 Å². The van der Waals surface area contributed by atoms with Crippen LogP contribution in [0.3, 0.4) is 0 Å². The van der Waals surface area contributed by atoms with Crippen molar-refractivity contribution >= 4 is 45.1 Å². The van der Waals surface area contributed by atoms with Crippen molar-refractivity contribution in [1.82, 2.24) is 0 Å². The molecule has 0 bridgehead atoms. The van der Waals surface area contributed by atoms with E-state index >= 15 is 0 Å². The molecule has 1 aromatic carbocycles. The van der Waals surface area contributed by atoms with Crippen LogP contribution >= 0.6 is 27.7 Å². The minimum absolute atomic E-state index is 0.0449. The van der Waals surface area contributed by atoms with E-state index < -0.39 is 0 Å². The van der Waals surface area contributed by atoms with Crippen LogP contribution in [0.2, 0.25) is 0 Å². The fourth-order valence-corrected chi connectivity index (χ4v) is 2.05. The first-order valence-electron chi connectivity index (χ1n) is 5.14. The van der Waals surface area contributed by atoms with E-state index in [2.05, 4.69) is 26.4 Å². The lowest BCUT2D eigenvalue weighted by molar-refractivity contribution is -0.115. The number of carbonyl (C=O) groups excluding carboxylic acids is 1. The fourth-order valence-electron chi connectivity index (χ4n) is 1.30. The molecule has 0 saturated heterocycles. The second-order valence-electron chi connectivity index (χ2n) is 3.47. The smallest absolute Gasteiger partial charge is 0.225 e. The van der Waals surface area contributed by atoms with Crippen LogP contribution in [0.25, 0.3) is 0 Å². The molecule has 0 aliphatic carbocycles. The lowest BCUT2D eigenvalue weighted by Gasteiger charge is -2.10. The molecule has 0 unspecified atom stereocenters. The largest absolute Gasteiger partial charge is 0.409 e. The highest BCUT2D eigenvalue weighted by molar-refractivity contribution is 9.10. The molecule has 7 heteroatoms. The predicted molar refractivity (Wildman–Crippen MR) is 78.3 cm³/mol. The van der Waals surface area contributed by atoms with Crippen LogP contribution in [0.1, 0.15) is 12.0 Å². The van der Waals surface area contributed by atoms with Crippen molar-refractivity contribution in [1.29, 1.82) is 0 Å². The van der Waals surface area contributed by atoms with Crippen molar-refractivity contribution in [2.24, 2.45) is 10.9 Å². The van der Waals surface area contributed by atoms with E-state index in [0.29, 0.717) is 17.7 Å². The summed E-state index contributed by atoms with van der Waals surface area (Å²) >= 11 is 4.89. The number of benzene rings is 1. The Labute approximate surface area is 118 Å². The maximum atomic E-state index is 11.6. The summed E-state index contributed by atoms with van der Waals surface area (Å²) in [5.41, 5.74) is 6.57. The number of carbonyl (C=O) groups is 1.